The SMILES string of the molecule is CCOC(=O)OCC(=O)[C@@]1(O)[C@@H](C)CC2C3C=CC4=CC(=O)C=C[C@]4(C)C3[C@@H](O)C[C@@]21C. The van der Waals surface area contributed by atoms with Gasteiger partial charge < -0.3 is 19.7 Å². The first-order chi connectivity index (χ1) is 15.0. The third-order valence-corrected chi connectivity index (χ3v) is 8.65. The Bertz CT molecular complexity index is 933. The summed E-state index contributed by atoms with van der Waals surface area (Å²) in [6, 6.07) is 0. The lowest BCUT2D eigenvalue weighted by Gasteiger charge is -2.57. The van der Waals surface area contributed by atoms with Gasteiger partial charge >= 0.3 is 6.16 Å². The highest BCUT2D eigenvalue weighted by Gasteiger charge is 2.70. The van der Waals surface area contributed by atoms with Crippen molar-refractivity contribution in [2.24, 2.45) is 34.5 Å². The van der Waals surface area contributed by atoms with Crippen molar-refractivity contribution >= 4 is 17.7 Å². The molecule has 7 nitrogen and oxygen atoms in total. The number of ketones is 2. The summed E-state index contributed by atoms with van der Waals surface area (Å²) in [6.45, 7) is 6.94. The number of allylic oxidation sites excluding steroid dienone is 6. The van der Waals surface area contributed by atoms with Gasteiger partial charge in [0.1, 0.15) is 5.60 Å². The third kappa shape index (κ3) is 3.05. The first-order valence-corrected chi connectivity index (χ1v) is 11.4. The van der Waals surface area contributed by atoms with Gasteiger partial charge in [-0.1, -0.05) is 39.0 Å². The minimum Gasteiger partial charge on any atom is -0.435 e. The van der Waals surface area contributed by atoms with Crippen molar-refractivity contribution in [3.05, 3.63) is 36.0 Å². The zero-order valence-electron chi connectivity index (χ0n) is 19.0. The van der Waals surface area contributed by atoms with E-state index in [4.69, 9.17) is 9.47 Å². The van der Waals surface area contributed by atoms with Gasteiger partial charge in [0.05, 0.1) is 12.7 Å². The number of aliphatic hydroxyl groups is 2. The van der Waals surface area contributed by atoms with Crippen LogP contribution in [0.3, 0.4) is 0 Å². The number of hydrogen-bond donors (Lipinski definition) is 2. The van der Waals surface area contributed by atoms with Crippen LogP contribution in [0, 0.1) is 34.5 Å². The molecule has 0 aliphatic heterocycles. The van der Waals surface area contributed by atoms with E-state index in [9.17, 15) is 24.6 Å². The molecule has 0 spiro atoms. The molecule has 0 saturated heterocycles. The molecular formula is C25H32O7. The van der Waals surface area contributed by atoms with E-state index < -0.39 is 41.1 Å². The summed E-state index contributed by atoms with van der Waals surface area (Å²) in [6.07, 6.45) is 8.18. The molecule has 2 N–H and O–H groups in total. The summed E-state index contributed by atoms with van der Waals surface area (Å²) >= 11 is 0. The number of hydrogen-bond acceptors (Lipinski definition) is 7. The van der Waals surface area contributed by atoms with E-state index in [1.165, 1.54) is 0 Å². The van der Waals surface area contributed by atoms with Gasteiger partial charge in [-0.3, -0.25) is 9.59 Å². The van der Waals surface area contributed by atoms with Crippen LogP contribution in [0.15, 0.2) is 36.0 Å². The minimum absolute atomic E-state index is 0.0527. The molecule has 174 valence electrons. The Morgan fingerprint density at radius 1 is 1.22 bits per heavy atom. The molecule has 0 amide bonds. The molecule has 2 fully saturated rings. The van der Waals surface area contributed by atoms with Crippen LogP contribution in [0.1, 0.15) is 40.5 Å². The van der Waals surface area contributed by atoms with E-state index in [0.717, 1.165) is 5.57 Å². The Hall–Kier alpha value is -2.25. The van der Waals surface area contributed by atoms with E-state index in [-0.39, 0.29) is 42.5 Å². The smallest absolute Gasteiger partial charge is 0.435 e. The molecule has 4 aliphatic rings. The number of carbonyl (C=O) groups is 3. The molecule has 0 heterocycles. The topological polar surface area (TPSA) is 110 Å². The van der Waals surface area contributed by atoms with E-state index >= 15 is 0 Å². The maximum atomic E-state index is 13.2. The van der Waals surface area contributed by atoms with Crippen molar-refractivity contribution in [2.45, 2.75) is 52.2 Å². The molecule has 0 aromatic rings. The van der Waals surface area contributed by atoms with Gasteiger partial charge in [0.2, 0.25) is 5.78 Å². The lowest BCUT2D eigenvalue weighted by molar-refractivity contribution is -0.178. The van der Waals surface area contributed by atoms with Gasteiger partial charge in [-0.05, 0) is 55.2 Å². The molecule has 4 rings (SSSR count). The zero-order valence-corrected chi connectivity index (χ0v) is 19.0. The van der Waals surface area contributed by atoms with Crippen molar-refractivity contribution < 1.29 is 34.1 Å². The van der Waals surface area contributed by atoms with Gasteiger partial charge in [0, 0.05) is 16.7 Å². The lowest BCUT2D eigenvalue weighted by atomic mass is 9.47. The number of carbonyl (C=O) groups excluding carboxylic acids is 3. The molecular weight excluding hydrogens is 412 g/mol. The highest BCUT2D eigenvalue weighted by Crippen LogP contribution is 2.67. The summed E-state index contributed by atoms with van der Waals surface area (Å²) < 4.78 is 9.65. The van der Waals surface area contributed by atoms with E-state index in [0.29, 0.717) is 6.42 Å². The van der Waals surface area contributed by atoms with Crippen LogP contribution in [0.5, 0.6) is 0 Å². The van der Waals surface area contributed by atoms with Crippen molar-refractivity contribution in [3.8, 4) is 0 Å². The molecule has 2 saturated carbocycles. The summed E-state index contributed by atoms with van der Waals surface area (Å²) in [4.78, 5) is 36.7. The normalized spacial score (nSPS) is 44.2. The molecule has 8 atom stereocenters. The second-order valence-electron chi connectivity index (χ2n) is 10.2. The molecule has 32 heavy (non-hydrogen) atoms. The number of fused-ring (bicyclic) bond motifs is 5. The van der Waals surface area contributed by atoms with E-state index in [1.807, 2.05) is 39.0 Å². The Morgan fingerprint density at radius 2 is 1.94 bits per heavy atom. The largest absolute Gasteiger partial charge is 0.508 e. The first kappa shape index (κ1) is 22.9. The Kier molecular flexibility index (Phi) is 5.49. The van der Waals surface area contributed by atoms with Gasteiger partial charge in [0.15, 0.2) is 12.4 Å². The molecule has 3 unspecified atom stereocenters. The molecule has 4 aliphatic carbocycles. The van der Waals surface area contributed by atoms with Gasteiger partial charge in [-0.25, -0.2) is 4.79 Å². The van der Waals surface area contributed by atoms with E-state index in [1.54, 1.807) is 19.1 Å². The van der Waals surface area contributed by atoms with E-state index in [2.05, 4.69) is 0 Å². The standard InChI is InChI=1S/C25H32O7/c1-5-31-22(29)32-13-20(28)25(30)14(2)10-18-17-7-6-15-11-16(26)8-9-23(15,3)21(17)19(27)12-24(18,25)4/h6-9,11,14,17-19,21,27,30H,5,10,12-13H2,1-4H3/t14-,17?,18?,19-,21?,23-,24-,25-/m0/s1. The van der Waals surface area contributed by atoms with Crippen LogP contribution in [0.2, 0.25) is 0 Å². The first-order valence-electron chi connectivity index (χ1n) is 11.4. The molecule has 0 radical (unpaired) electrons. The highest BCUT2D eigenvalue weighted by molar-refractivity contribution is 6.01. The van der Waals surface area contributed by atoms with Crippen molar-refractivity contribution in [2.75, 3.05) is 13.2 Å². The average molecular weight is 445 g/mol. The molecule has 0 aromatic heterocycles. The average Bonchev–Trinajstić information content (AvgIpc) is 2.93. The zero-order chi connectivity index (χ0) is 23.5. The fourth-order valence-electron chi connectivity index (χ4n) is 7.11. The van der Waals surface area contributed by atoms with Gasteiger partial charge in [0.25, 0.3) is 0 Å². The van der Waals surface area contributed by atoms with Crippen molar-refractivity contribution in [3.63, 3.8) is 0 Å². The fraction of sp³-hybridized carbons (Fsp3) is 0.640. The maximum Gasteiger partial charge on any atom is 0.508 e. The van der Waals surface area contributed by atoms with Crippen LogP contribution >= 0.6 is 0 Å². The monoisotopic (exact) mass is 444 g/mol. The number of rotatable bonds is 4. The van der Waals surface area contributed by atoms with Crippen LogP contribution in [-0.4, -0.2) is 52.9 Å². The Morgan fingerprint density at radius 3 is 2.62 bits per heavy atom. The molecule has 7 heteroatoms. The summed E-state index contributed by atoms with van der Waals surface area (Å²) in [7, 11) is 0. The van der Waals surface area contributed by atoms with Crippen molar-refractivity contribution in [1.29, 1.82) is 0 Å². The second-order valence-corrected chi connectivity index (χ2v) is 10.2. The highest BCUT2D eigenvalue weighted by atomic mass is 16.7. The lowest BCUT2D eigenvalue weighted by Crippen LogP contribution is -2.62. The molecule has 0 aromatic carbocycles. The Balaban J connectivity index is 1.67. The minimum atomic E-state index is -1.74. The van der Waals surface area contributed by atoms with Crippen LogP contribution in [0.4, 0.5) is 4.79 Å². The van der Waals surface area contributed by atoms with Crippen LogP contribution in [0.25, 0.3) is 0 Å². The number of aliphatic hydroxyl groups excluding tert-OH is 1. The third-order valence-electron chi connectivity index (χ3n) is 8.65. The molecule has 0 bridgehead atoms. The Labute approximate surface area is 188 Å². The van der Waals surface area contributed by atoms with Gasteiger partial charge in [-0.2, -0.15) is 0 Å². The van der Waals surface area contributed by atoms with Crippen LogP contribution < -0.4 is 0 Å². The van der Waals surface area contributed by atoms with Crippen molar-refractivity contribution in [1.82, 2.24) is 0 Å². The predicted molar refractivity (Wildman–Crippen MR) is 115 cm³/mol. The summed E-state index contributed by atoms with van der Waals surface area (Å²) in [5.74, 6) is -1.29. The maximum absolute atomic E-state index is 13.2. The number of ether oxygens (including phenoxy) is 2. The number of Topliss-reactive ketones (excluding diaryl/α,β-unsaturated/α-hetero) is 1. The quantitative estimate of drug-likeness (QED) is 0.642. The summed E-state index contributed by atoms with van der Waals surface area (Å²) in [5, 5.41) is 23.1. The van der Waals surface area contributed by atoms with Gasteiger partial charge in [-0.15, -0.1) is 0 Å². The second kappa shape index (κ2) is 7.66. The fourth-order valence-corrected chi connectivity index (χ4v) is 7.11. The van der Waals surface area contributed by atoms with Crippen LogP contribution in [-0.2, 0) is 19.1 Å². The summed E-state index contributed by atoms with van der Waals surface area (Å²) in [5.41, 5.74) is -2.23. The predicted octanol–water partition coefficient (Wildman–Crippen LogP) is 2.76.